The van der Waals surface area contributed by atoms with Crippen molar-refractivity contribution in [2.24, 2.45) is 26.4 Å². The van der Waals surface area contributed by atoms with E-state index in [9.17, 15) is 14.0 Å². The monoisotopic (exact) mass is 924 g/mol. The first kappa shape index (κ1) is 49.7. The van der Waals surface area contributed by atoms with Crippen molar-refractivity contribution >= 4 is 40.4 Å². The Kier molecular flexibility index (Phi) is 18.2. The van der Waals surface area contributed by atoms with E-state index in [1.165, 1.54) is 17.1 Å². The number of carbonyl (C=O) groups excluding carboxylic acids is 2. The number of hydrogen-bond donors (Lipinski definition) is 5. The molecule has 0 atom stereocenters. The Morgan fingerprint density at radius 2 is 1.39 bits per heavy atom. The molecule has 16 heteroatoms. The highest BCUT2D eigenvalue weighted by molar-refractivity contribution is 5.95. The van der Waals surface area contributed by atoms with E-state index in [-0.39, 0.29) is 24.2 Å². The Balaban J connectivity index is 1.05. The summed E-state index contributed by atoms with van der Waals surface area (Å²) in [6, 6.07) is 40.2. The number of hydrogen-bond acceptors (Lipinski definition) is 10. The van der Waals surface area contributed by atoms with Crippen LogP contribution in [-0.2, 0) is 11.3 Å². The van der Waals surface area contributed by atoms with Gasteiger partial charge in [-0.1, -0.05) is 58.4 Å². The molecule has 15 nitrogen and oxygen atoms in total. The van der Waals surface area contributed by atoms with Gasteiger partial charge in [0.25, 0.3) is 5.91 Å². The number of amidine groups is 1. The molecule has 0 spiro atoms. The Labute approximate surface area is 401 Å². The van der Waals surface area contributed by atoms with E-state index in [2.05, 4.69) is 60.4 Å². The number of ether oxygens (including phenoxy) is 1. The molecule has 0 saturated carbocycles. The van der Waals surface area contributed by atoms with Crippen molar-refractivity contribution in [3.05, 3.63) is 184 Å². The van der Waals surface area contributed by atoms with E-state index in [1.807, 2.05) is 97.7 Å². The van der Waals surface area contributed by atoms with E-state index in [0.29, 0.717) is 83.3 Å². The highest BCUT2D eigenvalue weighted by atomic mass is 19.1. The first-order chi connectivity index (χ1) is 33.4. The maximum atomic E-state index is 14.7. The molecule has 0 aromatic heterocycles. The lowest BCUT2D eigenvalue weighted by Crippen LogP contribution is -2.38. The summed E-state index contributed by atoms with van der Waals surface area (Å²) in [7, 11) is 7.34. The molecule has 0 fully saturated rings. The third-order valence-electron chi connectivity index (χ3n) is 10.2. The normalized spacial score (nSPS) is 10.9. The number of amides is 2. The molecule has 0 bridgehead atoms. The largest absolute Gasteiger partial charge is 0.497 e. The molecule has 0 radical (unpaired) electrons. The average Bonchev–Trinajstić information content (AvgIpc) is 3.35. The number of carbonyl (C=O) groups is 2. The van der Waals surface area contributed by atoms with Gasteiger partial charge in [0, 0.05) is 55.0 Å². The van der Waals surface area contributed by atoms with Crippen LogP contribution in [0.3, 0.4) is 0 Å². The van der Waals surface area contributed by atoms with Crippen LogP contribution in [-0.4, -0.2) is 88.4 Å². The van der Waals surface area contributed by atoms with E-state index in [4.69, 9.17) is 15.9 Å². The maximum absolute atomic E-state index is 14.7. The molecule has 0 saturated heterocycles. The second-order valence-electron chi connectivity index (χ2n) is 15.8. The number of para-hydroxylation sites is 1. The molecular weight excluding hydrogens is 872 g/mol. The van der Waals surface area contributed by atoms with Crippen molar-refractivity contribution in [1.82, 2.24) is 20.4 Å². The van der Waals surface area contributed by atoms with Crippen LogP contribution < -0.4 is 31.5 Å². The lowest BCUT2D eigenvalue weighted by atomic mass is 10.1. The van der Waals surface area contributed by atoms with Crippen LogP contribution in [0.1, 0.15) is 43.7 Å². The second kappa shape index (κ2) is 25.3. The molecule has 0 aliphatic rings. The lowest BCUT2D eigenvalue weighted by molar-refractivity contribution is -0.119. The molecule has 6 aromatic carbocycles. The SMILES string of the molecule is COc1ccc(C#Cc2ccccc2N=NNc2ccc(C(=O)NCCN(C)Cc3cc(F)ccc3C#Cc3ccccc3N(CC(=O)NCCN(C)C)N=Nc3ccc(C(=N)N)cc3)cc2)cc1. The number of nitrogens with one attached hydrogen (secondary N) is 4. The minimum atomic E-state index is -0.403. The highest BCUT2D eigenvalue weighted by Crippen LogP contribution is 2.24. The summed E-state index contributed by atoms with van der Waals surface area (Å²) in [6.45, 7) is 2.12. The van der Waals surface area contributed by atoms with Gasteiger partial charge in [0.1, 0.15) is 29.6 Å². The number of halogens is 1. The zero-order chi connectivity index (χ0) is 49.0. The van der Waals surface area contributed by atoms with Crippen LogP contribution in [0, 0.1) is 34.9 Å². The number of anilines is 2. The number of nitrogens with two attached hydrogens (primary N) is 1. The molecule has 69 heavy (non-hydrogen) atoms. The van der Waals surface area contributed by atoms with Crippen LogP contribution in [0.4, 0.5) is 27.1 Å². The Bertz CT molecular complexity index is 2900. The predicted octanol–water partition coefficient (Wildman–Crippen LogP) is 8.07. The smallest absolute Gasteiger partial charge is 0.251 e. The molecule has 350 valence electrons. The third kappa shape index (κ3) is 15.7. The third-order valence-corrected chi connectivity index (χ3v) is 10.2. The molecule has 0 unspecified atom stereocenters. The van der Waals surface area contributed by atoms with Crippen molar-refractivity contribution in [2.45, 2.75) is 6.54 Å². The molecule has 0 aliphatic heterocycles. The number of likely N-dealkylation sites (N-methyl/N-ethyl adjacent to an activating group) is 2. The van der Waals surface area contributed by atoms with Crippen molar-refractivity contribution < 1.29 is 18.7 Å². The predicted molar refractivity (Wildman–Crippen MR) is 268 cm³/mol. The summed E-state index contributed by atoms with van der Waals surface area (Å²) in [4.78, 5) is 30.1. The molecule has 6 rings (SSSR count). The number of nitrogen functional groups attached to an aromatic ring is 1. The summed E-state index contributed by atoms with van der Waals surface area (Å²) in [5, 5.41) is 32.3. The fourth-order valence-corrected chi connectivity index (χ4v) is 6.49. The summed E-state index contributed by atoms with van der Waals surface area (Å²) >= 11 is 0. The van der Waals surface area contributed by atoms with E-state index < -0.39 is 5.82 Å². The van der Waals surface area contributed by atoms with Gasteiger partial charge in [0.15, 0.2) is 0 Å². The quantitative estimate of drug-likeness (QED) is 0.0177. The van der Waals surface area contributed by atoms with Gasteiger partial charge < -0.3 is 30.9 Å². The van der Waals surface area contributed by atoms with Gasteiger partial charge in [0.2, 0.25) is 5.91 Å². The van der Waals surface area contributed by atoms with Gasteiger partial charge in [-0.2, -0.15) is 0 Å². The zero-order valence-electron chi connectivity index (χ0n) is 38.8. The standard InChI is InChI=1S/C53H53FN12O3/c1-64(2)33-31-57-51(67)37-66(63-60-47-25-20-42(21-26-47)52(55)56)50-12-8-6-10-41(50)18-17-39-19-24-45(54)35-44(39)36-65(3)34-32-58-53(68)43-22-27-46(28-23-43)59-62-61-49-11-7-5-9-40(49)16-13-38-14-29-48(69-4)30-15-38/h5-12,14-15,19-30,35H,31-34,36-37H2,1-4H3,(H3,55,56)(H,57,67)(H,58,68)(H,59,61). The fourth-order valence-electron chi connectivity index (χ4n) is 6.49. The summed E-state index contributed by atoms with van der Waals surface area (Å²) in [6.07, 6.45) is 0. The van der Waals surface area contributed by atoms with E-state index in [1.54, 1.807) is 67.8 Å². The van der Waals surface area contributed by atoms with Crippen molar-refractivity contribution in [3.8, 4) is 29.4 Å². The Morgan fingerprint density at radius 1 is 0.725 bits per heavy atom. The molecule has 0 aliphatic carbocycles. The van der Waals surface area contributed by atoms with Gasteiger partial charge in [-0.3, -0.25) is 20.4 Å². The second-order valence-corrected chi connectivity index (χ2v) is 15.8. The van der Waals surface area contributed by atoms with E-state index >= 15 is 0 Å². The van der Waals surface area contributed by atoms with Crippen LogP contribution in [0.15, 0.2) is 160 Å². The van der Waals surface area contributed by atoms with Crippen molar-refractivity contribution in [1.29, 1.82) is 5.41 Å². The average molecular weight is 925 g/mol. The Morgan fingerprint density at radius 3 is 2.12 bits per heavy atom. The minimum Gasteiger partial charge on any atom is -0.497 e. The lowest BCUT2D eigenvalue weighted by Gasteiger charge is -2.19. The van der Waals surface area contributed by atoms with Gasteiger partial charge >= 0.3 is 0 Å². The van der Waals surface area contributed by atoms with Crippen LogP contribution in [0.2, 0.25) is 0 Å². The fraction of sp³-hybridized carbons (Fsp3) is 0.189. The molecule has 6 N–H and O–H groups in total. The zero-order valence-corrected chi connectivity index (χ0v) is 38.8. The number of nitrogens with zero attached hydrogens (tertiary/aromatic N) is 7. The maximum Gasteiger partial charge on any atom is 0.251 e. The molecule has 6 aromatic rings. The number of methoxy groups -OCH3 is 1. The van der Waals surface area contributed by atoms with Crippen LogP contribution >= 0.6 is 0 Å². The number of rotatable bonds is 19. The van der Waals surface area contributed by atoms with Gasteiger partial charge in [-0.15, -0.1) is 10.2 Å². The van der Waals surface area contributed by atoms with Crippen molar-refractivity contribution in [2.75, 3.05) is 71.4 Å². The first-order valence-electron chi connectivity index (χ1n) is 21.9. The van der Waals surface area contributed by atoms with E-state index in [0.717, 1.165) is 16.9 Å². The van der Waals surface area contributed by atoms with Crippen LogP contribution in [0.5, 0.6) is 5.75 Å². The summed E-state index contributed by atoms with van der Waals surface area (Å²) < 4.78 is 19.9. The first-order valence-corrected chi connectivity index (χ1v) is 21.9. The molecule has 2 amide bonds. The van der Waals surface area contributed by atoms with Gasteiger partial charge in [-0.05, 0) is 142 Å². The molecular formula is C53H53FN12O3. The molecule has 0 heterocycles. The topological polar surface area (TPSA) is 188 Å². The van der Waals surface area contributed by atoms with Gasteiger partial charge in [-0.25, -0.2) is 9.40 Å². The highest BCUT2D eigenvalue weighted by Gasteiger charge is 2.15. The Hall–Kier alpha value is -8.70. The summed E-state index contributed by atoms with van der Waals surface area (Å²) in [5.41, 5.74) is 15.2. The summed E-state index contributed by atoms with van der Waals surface area (Å²) in [5.74, 6) is 12.5. The number of benzene rings is 6. The van der Waals surface area contributed by atoms with Crippen molar-refractivity contribution in [3.63, 3.8) is 0 Å². The van der Waals surface area contributed by atoms with Crippen LogP contribution in [0.25, 0.3) is 0 Å². The van der Waals surface area contributed by atoms with Gasteiger partial charge in [0.05, 0.1) is 35.3 Å². The minimum absolute atomic E-state index is 0.0660.